The number of benzene rings is 1. The summed E-state index contributed by atoms with van der Waals surface area (Å²) in [5.41, 5.74) is 1.82. The van der Waals surface area contributed by atoms with Crippen LogP contribution in [0.25, 0.3) is 5.57 Å². The van der Waals surface area contributed by atoms with Gasteiger partial charge in [0.2, 0.25) is 5.91 Å². The van der Waals surface area contributed by atoms with Gasteiger partial charge in [-0.25, -0.2) is 4.39 Å². The summed E-state index contributed by atoms with van der Waals surface area (Å²) < 4.78 is 13.1. The van der Waals surface area contributed by atoms with Crippen molar-refractivity contribution in [2.75, 3.05) is 6.54 Å². The van der Waals surface area contributed by atoms with Gasteiger partial charge in [-0.15, -0.1) is 0 Å². The number of nitrogens with zero attached hydrogens (tertiary/aromatic N) is 1. The van der Waals surface area contributed by atoms with Crippen LogP contribution >= 0.6 is 0 Å². The average Bonchev–Trinajstić information content (AvgIpc) is 3.04. The number of halogens is 1. The number of nitrogens with one attached hydrogen (secondary N) is 2. The van der Waals surface area contributed by atoms with E-state index in [4.69, 9.17) is 0 Å². The fourth-order valence-electron chi connectivity index (χ4n) is 4.15. The molecule has 0 aromatic heterocycles. The van der Waals surface area contributed by atoms with E-state index in [1.807, 2.05) is 24.4 Å². The molecule has 2 saturated heterocycles. The minimum atomic E-state index is -0.393. The zero-order valence-electron chi connectivity index (χ0n) is 13.6. The van der Waals surface area contributed by atoms with E-state index in [-0.39, 0.29) is 23.8 Å². The van der Waals surface area contributed by atoms with Crippen LogP contribution in [0.4, 0.5) is 4.39 Å². The summed E-state index contributed by atoms with van der Waals surface area (Å²) in [6.45, 7) is 0.784. The number of carbonyl (C=O) groups is 1. The monoisotopic (exact) mass is 327 g/mol. The molecule has 0 saturated carbocycles. The van der Waals surface area contributed by atoms with E-state index in [1.54, 1.807) is 0 Å². The lowest BCUT2D eigenvalue weighted by molar-refractivity contribution is -0.129. The zero-order chi connectivity index (χ0) is 16.6. The number of aliphatic imine (C=N–C) groups is 1. The molecule has 4 nitrogen and oxygen atoms in total. The van der Waals surface area contributed by atoms with Gasteiger partial charge in [-0.2, -0.15) is 0 Å². The first-order valence-electron chi connectivity index (χ1n) is 8.71. The lowest BCUT2D eigenvalue weighted by Crippen LogP contribution is -2.59. The van der Waals surface area contributed by atoms with Crippen molar-refractivity contribution < 1.29 is 9.18 Å². The van der Waals surface area contributed by atoms with E-state index in [2.05, 4.69) is 15.6 Å². The van der Waals surface area contributed by atoms with E-state index in [9.17, 15) is 9.18 Å². The molecule has 1 aromatic rings. The van der Waals surface area contributed by atoms with Gasteiger partial charge in [-0.1, -0.05) is 12.1 Å². The van der Waals surface area contributed by atoms with Gasteiger partial charge in [0.1, 0.15) is 5.82 Å². The van der Waals surface area contributed by atoms with Crippen LogP contribution in [-0.4, -0.2) is 36.3 Å². The van der Waals surface area contributed by atoms with E-state index in [1.165, 1.54) is 17.7 Å². The summed E-state index contributed by atoms with van der Waals surface area (Å²) in [5, 5.41) is 6.59. The molecule has 3 heterocycles. The topological polar surface area (TPSA) is 53.5 Å². The molecule has 4 rings (SSSR count). The number of dihydropyridines is 1. The lowest BCUT2D eigenvalue weighted by atomic mass is 9.88. The second-order valence-electron chi connectivity index (χ2n) is 7.00. The van der Waals surface area contributed by atoms with Crippen LogP contribution in [0.2, 0.25) is 0 Å². The molecule has 1 amide bonds. The van der Waals surface area contributed by atoms with Crippen molar-refractivity contribution in [3.63, 3.8) is 0 Å². The number of amides is 1. The van der Waals surface area contributed by atoms with E-state index in [0.29, 0.717) is 0 Å². The molecular weight excluding hydrogens is 305 g/mol. The zero-order valence-corrected chi connectivity index (χ0v) is 13.6. The Bertz CT molecular complexity index is 697. The maximum absolute atomic E-state index is 13.1. The van der Waals surface area contributed by atoms with Gasteiger partial charge < -0.3 is 5.32 Å². The van der Waals surface area contributed by atoms with E-state index < -0.39 is 5.54 Å². The summed E-state index contributed by atoms with van der Waals surface area (Å²) >= 11 is 0. The van der Waals surface area contributed by atoms with Crippen molar-refractivity contribution >= 4 is 17.7 Å². The highest BCUT2D eigenvalue weighted by Crippen LogP contribution is 2.35. The number of carbonyl (C=O) groups excluding carboxylic acids is 1. The average molecular weight is 327 g/mol. The van der Waals surface area contributed by atoms with Crippen LogP contribution in [0.5, 0.6) is 0 Å². The summed E-state index contributed by atoms with van der Waals surface area (Å²) in [6, 6.07) is 6.96. The molecule has 126 valence electrons. The number of allylic oxidation sites excluding steroid dienone is 1. The molecule has 2 fully saturated rings. The minimum Gasteiger partial charge on any atom is -0.354 e. The third-order valence-electron chi connectivity index (χ3n) is 5.51. The Labute approximate surface area is 141 Å². The molecule has 3 atom stereocenters. The molecule has 0 radical (unpaired) electrons. The molecule has 1 aromatic carbocycles. The maximum Gasteiger partial charge on any atom is 0.240 e. The standard InChI is InChI=1S/C19H22FN3O/c20-15-4-2-13(3-5-15)14-7-11-21-17(12-14)16-6-9-19(23-16)8-1-10-22-18(19)24/h2-5,7,11,16-17,23H,1,6,8-10,12H2,(H,22,24). The predicted molar refractivity (Wildman–Crippen MR) is 92.4 cm³/mol. The molecule has 2 N–H and O–H groups in total. The molecule has 3 aliphatic heterocycles. The fraction of sp³-hybridized carbons (Fsp3) is 0.474. The Hall–Kier alpha value is -2.01. The Morgan fingerprint density at radius 2 is 2.04 bits per heavy atom. The van der Waals surface area contributed by atoms with Gasteiger partial charge in [0.25, 0.3) is 0 Å². The third-order valence-corrected chi connectivity index (χ3v) is 5.51. The summed E-state index contributed by atoms with van der Waals surface area (Å²) in [6.07, 6.45) is 8.45. The third kappa shape index (κ3) is 2.77. The fourth-order valence-corrected chi connectivity index (χ4v) is 4.15. The molecule has 3 unspecified atom stereocenters. The van der Waals surface area contributed by atoms with Crippen LogP contribution in [0, 0.1) is 5.82 Å². The van der Waals surface area contributed by atoms with Gasteiger partial charge >= 0.3 is 0 Å². The van der Waals surface area contributed by atoms with Crippen molar-refractivity contribution in [3.05, 3.63) is 41.7 Å². The number of hydrogen-bond acceptors (Lipinski definition) is 3. The number of hydrogen-bond donors (Lipinski definition) is 2. The van der Waals surface area contributed by atoms with Crippen molar-refractivity contribution in [1.82, 2.24) is 10.6 Å². The molecule has 24 heavy (non-hydrogen) atoms. The Balaban J connectivity index is 1.47. The second kappa shape index (κ2) is 6.13. The van der Waals surface area contributed by atoms with Crippen molar-refractivity contribution in [3.8, 4) is 0 Å². The van der Waals surface area contributed by atoms with Gasteiger partial charge in [-0.3, -0.25) is 15.1 Å². The molecular formula is C19H22FN3O. The van der Waals surface area contributed by atoms with Gasteiger partial charge in [0.05, 0.1) is 11.6 Å². The van der Waals surface area contributed by atoms with Crippen LogP contribution in [0.3, 0.4) is 0 Å². The van der Waals surface area contributed by atoms with Crippen molar-refractivity contribution in [2.24, 2.45) is 4.99 Å². The largest absolute Gasteiger partial charge is 0.354 e. The highest BCUT2D eigenvalue weighted by molar-refractivity contribution is 5.88. The highest BCUT2D eigenvalue weighted by atomic mass is 19.1. The number of piperidine rings is 1. The van der Waals surface area contributed by atoms with E-state index >= 15 is 0 Å². The Morgan fingerprint density at radius 3 is 2.83 bits per heavy atom. The van der Waals surface area contributed by atoms with Crippen LogP contribution in [0.15, 0.2) is 35.3 Å². The lowest BCUT2D eigenvalue weighted by Gasteiger charge is -2.34. The van der Waals surface area contributed by atoms with Crippen LogP contribution in [-0.2, 0) is 4.79 Å². The van der Waals surface area contributed by atoms with Gasteiger partial charge in [-0.05, 0) is 61.4 Å². The maximum atomic E-state index is 13.1. The van der Waals surface area contributed by atoms with Gasteiger partial charge in [0, 0.05) is 18.8 Å². The van der Waals surface area contributed by atoms with Gasteiger partial charge in [0.15, 0.2) is 0 Å². The normalized spacial score (nSPS) is 32.7. The highest BCUT2D eigenvalue weighted by Gasteiger charge is 2.47. The Morgan fingerprint density at radius 1 is 1.21 bits per heavy atom. The van der Waals surface area contributed by atoms with Crippen molar-refractivity contribution in [2.45, 2.75) is 49.7 Å². The number of rotatable bonds is 2. The van der Waals surface area contributed by atoms with Crippen LogP contribution < -0.4 is 10.6 Å². The quantitative estimate of drug-likeness (QED) is 0.877. The molecule has 0 bridgehead atoms. The van der Waals surface area contributed by atoms with Crippen molar-refractivity contribution in [1.29, 1.82) is 0 Å². The first kappa shape index (κ1) is 15.5. The first-order valence-corrected chi connectivity index (χ1v) is 8.71. The minimum absolute atomic E-state index is 0.129. The second-order valence-corrected chi connectivity index (χ2v) is 7.00. The predicted octanol–water partition coefficient (Wildman–Crippen LogP) is 2.45. The summed E-state index contributed by atoms with van der Waals surface area (Å²) in [5.74, 6) is -0.0755. The van der Waals surface area contributed by atoms with Crippen LogP contribution in [0.1, 0.15) is 37.7 Å². The summed E-state index contributed by atoms with van der Waals surface area (Å²) in [7, 11) is 0. The smallest absolute Gasteiger partial charge is 0.240 e. The molecule has 0 aliphatic carbocycles. The SMILES string of the molecule is O=C1NCCCC12CCC(C1CC(c3ccc(F)cc3)=CC=N1)N2. The molecule has 5 heteroatoms. The molecule has 1 spiro atoms. The summed E-state index contributed by atoms with van der Waals surface area (Å²) in [4.78, 5) is 16.9. The molecule has 3 aliphatic rings. The Kier molecular flexibility index (Phi) is 3.96. The van der Waals surface area contributed by atoms with E-state index in [0.717, 1.165) is 44.2 Å². The first-order chi connectivity index (χ1) is 11.7.